The summed E-state index contributed by atoms with van der Waals surface area (Å²) in [6, 6.07) is 12.5. The lowest BCUT2D eigenvalue weighted by Crippen LogP contribution is -2.54. The quantitative estimate of drug-likeness (QED) is 0.550. The van der Waals surface area contributed by atoms with Gasteiger partial charge < -0.3 is 9.30 Å². The fraction of sp³-hybridized carbons (Fsp3) is 0.357. The summed E-state index contributed by atoms with van der Waals surface area (Å²) in [6.45, 7) is 4.63. The van der Waals surface area contributed by atoms with E-state index < -0.39 is 11.7 Å². The molecule has 2 aromatic carbocycles. The molecule has 3 aliphatic rings. The molecule has 0 radical (unpaired) electrons. The molecule has 0 bridgehead atoms. The lowest BCUT2D eigenvalue weighted by molar-refractivity contribution is -0.193. The number of hydrogen-bond acceptors (Lipinski definition) is 6. The first-order chi connectivity index (χ1) is 17.5. The van der Waals surface area contributed by atoms with Crippen LogP contribution in [0.25, 0.3) is 11.3 Å². The number of nitrogens with one attached hydrogen (secondary N) is 1. The van der Waals surface area contributed by atoms with Gasteiger partial charge in [0.2, 0.25) is 0 Å². The van der Waals surface area contributed by atoms with Gasteiger partial charge >= 0.3 is 5.97 Å². The Kier molecular flexibility index (Phi) is 5.75. The van der Waals surface area contributed by atoms with Gasteiger partial charge in [-0.15, -0.1) is 0 Å². The number of halogens is 1. The van der Waals surface area contributed by atoms with Crippen LogP contribution in [0.4, 0.5) is 4.39 Å². The van der Waals surface area contributed by atoms with Crippen LogP contribution in [0.2, 0.25) is 0 Å². The maximum absolute atomic E-state index is 13.7. The van der Waals surface area contributed by atoms with Crippen LogP contribution in [0, 0.1) is 12.7 Å². The van der Waals surface area contributed by atoms with Crippen molar-refractivity contribution in [1.29, 1.82) is 0 Å². The summed E-state index contributed by atoms with van der Waals surface area (Å²) in [4.78, 5) is 25.9. The van der Waals surface area contributed by atoms with Crippen molar-refractivity contribution in [3.63, 3.8) is 0 Å². The second-order valence-corrected chi connectivity index (χ2v) is 9.56. The van der Waals surface area contributed by atoms with Gasteiger partial charge in [0.1, 0.15) is 12.0 Å². The lowest BCUT2D eigenvalue weighted by atomic mass is 9.90. The molecule has 186 valence electrons. The third kappa shape index (κ3) is 3.59. The van der Waals surface area contributed by atoms with Crippen LogP contribution < -0.4 is 5.48 Å². The van der Waals surface area contributed by atoms with Crippen molar-refractivity contribution >= 4 is 11.5 Å². The Morgan fingerprint density at radius 2 is 2.06 bits per heavy atom. The number of allylic oxidation sites excluding steroid dienone is 1. The molecule has 0 spiro atoms. The normalized spacial score (nSPS) is 25.6. The van der Waals surface area contributed by atoms with E-state index in [1.54, 1.807) is 19.1 Å². The molecule has 7 nitrogen and oxygen atoms in total. The number of carbonyl (C=O) groups excluding carboxylic acids is 1. The SMILES string of the molecule is CCOC(=O)C1(c2ccc(F)cc2)ONC2/C(=C3\CCc4cc(-n5cnc(C)c5)ccc43)CCCN21. The molecule has 2 fully saturated rings. The minimum atomic E-state index is -1.47. The third-order valence-electron chi connectivity index (χ3n) is 7.45. The molecule has 6 rings (SSSR count). The Balaban J connectivity index is 1.39. The summed E-state index contributed by atoms with van der Waals surface area (Å²) in [5, 5.41) is 0. The highest BCUT2D eigenvalue weighted by atomic mass is 19.1. The molecule has 2 saturated heterocycles. The number of benzene rings is 2. The van der Waals surface area contributed by atoms with Crippen LogP contribution in [0.5, 0.6) is 0 Å². The fourth-order valence-corrected chi connectivity index (χ4v) is 5.82. The Labute approximate surface area is 209 Å². The molecule has 36 heavy (non-hydrogen) atoms. The number of nitrogens with zero attached hydrogens (tertiary/aromatic N) is 3. The van der Waals surface area contributed by atoms with E-state index in [1.165, 1.54) is 34.4 Å². The van der Waals surface area contributed by atoms with Gasteiger partial charge in [0.15, 0.2) is 0 Å². The number of esters is 1. The molecule has 0 saturated carbocycles. The molecule has 2 atom stereocenters. The highest BCUT2D eigenvalue weighted by Gasteiger charge is 2.58. The lowest BCUT2D eigenvalue weighted by Gasteiger charge is -2.39. The van der Waals surface area contributed by atoms with Gasteiger partial charge in [0.05, 0.1) is 18.6 Å². The summed E-state index contributed by atoms with van der Waals surface area (Å²) in [7, 11) is 0. The van der Waals surface area contributed by atoms with Crippen LogP contribution in [0.15, 0.2) is 60.6 Å². The van der Waals surface area contributed by atoms with Gasteiger partial charge in [-0.05, 0) is 86.1 Å². The molecule has 1 aromatic heterocycles. The molecular formula is C28H29FN4O3. The van der Waals surface area contributed by atoms with Gasteiger partial charge in [0.25, 0.3) is 5.72 Å². The zero-order valence-corrected chi connectivity index (χ0v) is 20.5. The number of carbonyl (C=O) groups is 1. The van der Waals surface area contributed by atoms with E-state index in [0.717, 1.165) is 37.1 Å². The maximum atomic E-state index is 13.7. The van der Waals surface area contributed by atoms with E-state index >= 15 is 0 Å². The number of piperidine rings is 1. The molecule has 2 unspecified atom stereocenters. The smallest absolute Gasteiger partial charge is 0.361 e. The largest absolute Gasteiger partial charge is 0.462 e. The predicted octanol–water partition coefficient (Wildman–Crippen LogP) is 4.39. The molecular weight excluding hydrogens is 459 g/mol. The second-order valence-electron chi connectivity index (χ2n) is 9.56. The van der Waals surface area contributed by atoms with Crippen molar-refractivity contribution in [1.82, 2.24) is 19.9 Å². The van der Waals surface area contributed by atoms with Gasteiger partial charge in [-0.1, -0.05) is 18.2 Å². The monoisotopic (exact) mass is 488 g/mol. The highest BCUT2D eigenvalue weighted by Crippen LogP contribution is 2.46. The molecule has 3 heterocycles. The topological polar surface area (TPSA) is 68.6 Å². The van der Waals surface area contributed by atoms with Crippen molar-refractivity contribution in [2.45, 2.75) is 51.4 Å². The van der Waals surface area contributed by atoms with Gasteiger partial charge in [-0.2, -0.15) is 5.48 Å². The molecule has 1 aliphatic carbocycles. The number of aromatic nitrogens is 2. The van der Waals surface area contributed by atoms with E-state index in [9.17, 15) is 9.18 Å². The number of ether oxygens (including phenoxy) is 1. The van der Waals surface area contributed by atoms with Crippen molar-refractivity contribution in [3.8, 4) is 5.69 Å². The van der Waals surface area contributed by atoms with E-state index in [1.807, 2.05) is 28.9 Å². The minimum absolute atomic E-state index is 0.226. The van der Waals surface area contributed by atoms with Crippen LogP contribution in [0.3, 0.4) is 0 Å². The van der Waals surface area contributed by atoms with E-state index in [-0.39, 0.29) is 18.6 Å². The van der Waals surface area contributed by atoms with E-state index in [4.69, 9.17) is 9.57 Å². The molecule has 2 aliphatic heterocycles. The summed E-state index contributed by atoms with van der Waals surface area (Å²) in [5.41, 5.74) is 9.44. The predicted molar refractivity (Wildman–Crippen MR) is 132 cm³/mol. The highest BCUT2D eigenvalue weighted by molar-refractivity contribution is 5.82. The zero-order valence-electron chi connectivity index (χ0n) is 20.5. The fourth-order valence-electron chi connectivity index (χ4n) is 5.82. The van der Waals surface area contributed by atoms with E-state index in [2.05, 4.69) is 28.7 Å². The number of imidazole rings is 1. The number of aryl methyl sites for hydroxylation is 2. The van der Waals surface area contributed by atoms with Gasteiger partial charge in [0, 0.05) is 24.0 Å². The summed E-state index contributed by atoms with van der Waals surface area (Å²) in [5.74, 6) is -0.862. The number of fused-ring (bicyclic) bond motifs is 2. The maximum Gasteiger partial charge on any atom is 0.361 e. The van der Waals surface area contributed by atoms with Crippen molar-refractivity contribution in [2.24, 2.45) is 0 Å². The van der Waals surface area contributed by atoms with Gasteiger partial charge in [-0.3, -0.25) is 4.84 Å². The minimum Gasteiger partial charge on any atom is -0.462 e. The molecule has 1 N–H and O–H groups in total. The first-order valence-corrected chi connectivity index (χ1v) is 12.5. The second kappa shape index (κ2) is 8.96. The van der Waals surface area contributed by atoms with Crippen LogP contribution in [0.1, 0.15) is 48.6 Å². The average Bonchev–Trinajstić information content (AvgIpc) is 3.61. The molecule has 0 amide bonds. The van der Waals surface area contributed by atoms with Gasteiger partial charge in [-0.25, -0.2) is 19.1 Å². The Hall–Kier alpha value is -3.33. The van der Waals surface area contributed by atoms with Crippen molar-refractivity contribution < 1.29 is 18.8 Å². The van der Waals surface area contributed by atoms with Crippen LogP contribution in [-0.4, -0.2) is 39.7 Å². The molecule has 8 heteroatoms. The third-order valence-corrected chi connectivity index (χ3v) is 7.45. The zero-order chi connectivity index (χ0) is 24.9. The summed E-state index contributed by atoms with van der Waals surface area (Å²) >= 11 is 0. The molecule has 3 aromatic rings. The number of hydrogen-bond donors (Lipinski definition) is 1. The first kappa shape index (κ1) is 23.1. The first-order valence-electron chi connectivity index (χ1n) is 12.5. The Morgan fingerprint density at radius 1 is 1.22 bits per heavy atom. The van der Waals surface area contributed by atoms with E-state index in [0.29, 0.717) is 12.1 Å². The van der Waals surface area contributed by atoms with Crippen LogP contribution >= 0.6 is 0 Å². The van der Waals surface area contributed by atoms with Crippen molar-refractivity contribution in [3.05, 3.63) is 88.8 Å². The van der Waals surface area contributed by atoms with Crippen molar-refractivity contribution in [2.75, 3.05) is 13.2 Å². The van der Waals surface area contributed by atoms with Crippen LogP contribution in [-0.2, 0) is 26.5 Å². The Bertz CT molecular complexity index is 1350. The summed E-state index contributed by atoms with van der Waals surface area (Å²) < 4.78 is 21.2. The number of rotatable bonds is 4. The Morgan fingerprint density at radius 3 is 2.81 bits per heavy atom. The number of hydroxylamine groups is 1. The summed E-state index contributed by atoms with van der Waals surface area (Å²) in [6.07, 6.45) is 7.29. The standard InChI is InChI=1S/C28H29FN4O3/c1-3-35-27(34)28(20-7-9-21(29)10-8-20)33-14-4-5-25(26(33)31-36-28)24-12-6-19-15-22(11-13-23(19)24)32-16-18(2)30-17-32/h7-11,13,15-17,26,31H,3-6,12,14H2,1-2H3/b25-24+. The average molecular weight is 489 g/mol.